The lowest BCUT2D eigenvalue weighted by atomic mass is 10.1. The van der Waals surface area contributed by atoms with E-state index in [1.807, 2.05) is 6.08 Å². The molecule has 3 aromatic rings. The van der Waals surface area contributed by atoms with Gasteiger partial charge in [-0.2, -0.15) is 0 Å². The summed E-state index contributed by atoms with van der Waals surface area (Å²) in [4.78, 5) is 23.7. The van der Waals surface area contributed by atoms with Crippen LogP contribution < -0.4 is 15.4 Å². The van der Waals surface area contributed by atoms with Crippen LogP contribution in [-0.2, 0) is 19.0 Å². The maximum atomic E-state index is 13.6. The average molecular weight is 558 g/mol. The Labute approximate surface area is 230 Å². The van der Waals surface area contributed by atoms with Crippen molar-refractivity contribution in [3.05, 3.63) is 59.7 Å². The number of carbonyl (C=O) groups is 1. The van der Waals surface area contributed by atoms with Crippen LogP contribution in [0.5, 0.6) is 5.75 Å². The molecule has 12 heteroatoms. The van der Waals surface area contributed by atoms with Crippen LogP contribution in [0.3, 0.4) is 0 Å². The first kappa shape index (κ1) is 27.2. The van der Waals surface area contributed by atoms with Crippen LogP contribution in [0.25, 0.3) is 10.9 Å². The molecular weight excluding hydrogens is 529 g/mol. The summed E-state index contributed by atoms with van der Waals surface area (Å²) in [5, 5.41) is 6.64. The molecule has 0 saturated carbocycles. The number of methoxy groups -OCH3 is 1. The summed E-state index contributed by atoms with van der Waals surface area (Å²) < 4.78 is 36.1. The third-order valence-corrected chi connectivity index (χ3v) is 6.68. The summed E-state index contributed by atoms with van der Waals surface area (Å²) in [6.07, 6.45) is 4.88. The standard InChI is InChI=1S/C27H29ClFN5O5/c1-36-7-8-37-23-13-21-18(27(31-16-30-21)32-17-4-5-20(29)19(28)11-17)12-22(23)33-26(35)3-2-6-34-14-24-25(15-34)39-10-9-38-24/h2-5,11-13,16,24-25H,6-10,14-15H2,1H3,(H,33,35)(H,30,31,32)/b3-2+/t24-,25-/m0/s1. The number of likely N-dealkylation sites (tertiary alicyclic amines) is 1. The molecule has 2 fully saturated rings. The lowest BCUT2D eigenvalue weighted by Gasteiger charge is -2.24. The third-order valence-electron chi connectivity index (χ3n) is 6.39. The Balaban J connectivity index is 1.33. The fourth-order valence-electron chi connectivity index (χ4n) is 4.52. The van der Waals surface area contributed by atoms with Gasteiger partial charge >= 0.3 is 0 Å². The van der Waals surface area contributed by atoms with Crippen molar-refractivity contribution in [2.45, 2.75) is 12.2 Å². The van der Waals surface area contributed by atoms with Gasteiger partial charge < -0.3 is 29.6 Å². The van der Waals surface area contributed by atoms with Crippen LogP contribution in [-0.4, -0.2) is 86.2 Å². The molecule has 10 nitrogen and oxygen atoms in total. The molecule has 2 atom stereocenters. The lowest BCUT2D eigenvalue weighted by molar-refractivity contribution is -0.116. The van der Waals surface area contributed by atoms with Crippen molar-refractivity contribution in [1.29, 1.82) is 0 Å². The Hall–Kier alpha value is -3.35. The van der Waals surface area contributed by atoms with Gasteiger partial charge in [0.2, 0.25) is 5.91 Å². The number of halogens is 2. The van der Waals surface area contributed by atoms with Crippen molar-refractivity contribution in [2.75, 3.05) is 63.8 Å². The molecule has 5 rings (SSSR count). The highest BCUT2D eigenvalue weighted by Gasteiger charge is 2.35. The van der Waals surface area contributed by atoms with Crippen molar-refractivity contribution in [3.8, 4) is 5.75 Å². The number of benzene rings is 2. The van der Waals surface area contributed by atoms with E-state index in [0.717, 1.165) is 13.1 Å². The van der Waals surface area contributed by atoms with E-state index in [1.165, 1.54) is 24.5 Å². The molecule has 2 aliphatic rings. The summed E-state index contributed by atoms with van der Waals surface area (Å²) >= 11 is 5.93. The molecule has 0 aliphatic carbocycles. The highest BCUT2D eigenvalue weighted by molar-refractivity contribution is 6.31. The molecular formula is C27H29ClFN5O5. The SMILES string of the molecule is COCCOc1cc2ncnc(Nc3ccc(F)c(Cl)c3)c2cc1NC(=O)/C=C/CN1C[C@@H]2OCCO[C@H]2C1. The van der Waals surface area contributed by atoms with Gasteiger partial charge in [-0.25, -0.2) is 14.4 Å². The summed E-state index contributed by atoms with van der Waals surface area (Å²) in [6, 6.07) is 7.74. The number of carbonyl (C=O) groups excluding carboxylic acids is 1. The van der Waals surface area contributed by atoms with Gasteiger partial charge in [0.05, 0.1) is 48.3 Å². The van der Waals surface area contributed by atoms with E-state index in [2.05, 4.69) is 25.5 Å². The zero-order chi connectivity index (χ0) is 27.2. The second-order valence-corrected chi connectivity index (χ2v) is 9.52. The molecule has 206 valence electrons. The van der Waals surface area contributed by atoms with Crippen molar-refractivity contribution in [3.63, 3.8) is 0 Å². The van der Waals surface area contributed by atoms with Crippen LogP contribution in [0, 0.1) is 5.82 Å². The minimum atomic E-state index is -0.518. The number of amides is 1. The topological polar surface area (TPSA) is 107 Å². The predicted molar refractivity (Wildman–Crippen MR) is 145 cm³/mol. The summed E-state index contributed by atoms with van der Waals surface area (Å²) in [6.45, 7) is 4.04. The molecule has 2 N–H and O–H groups in total. The molecule has 1 aromatic heterocycles. The number of fused-ring (bicyclic) bond motifs is 2. The van der Waals surface area contributed by atoms with Gasteiger partial charge in [0.15, 0.2) is 0 Å². The van der Waals surface area contributed by atoms with Crippen molar-refractivity contribution in [1.82, 2.24) is 14.9 Å². The highest BCUT2D eigenvalue weighted by atomic mass is 35.5. The summed E-state index contributed by atoms with van der Waals surface area (Å²) in [7, 11) is 1.58. The van der Waals surface area contributed by atoms with Crippen molar-refractivity contribution in [2.24, 2.45) is 0 Å². The van der Waals surface area contributed by atoms with E-state index in [4.69, 9.17) is 30.5 Å². The summed E-state index contributed by atoms with van der Waals surface area (Å²) in [5.41, 5.74) is 1.58. The molecule has 2 aromatic carbocycles. The largest absolute Gasteiger partial charge is 0.489 e. The monoisotopic (exact) mass is 557 g/mol. The molecule has 0 unspecified atom stereocenters. The first-order valence-corrected chi connectivity index (χ1v) is 12.9. The number of hydrogen-bond donors (Lipinski definition) is 2. The number of aromatic nitrogens is 2. The smallest absolute Gasteiger partial charge is 0.248 e. The summed E-state index contributed by atoms with van der Waals surface area (Å²) in [5.74, 6) is 0.0629. The van der Waals surface area contributed by atoms with Crippen molar-refractivity contribution >= 4 is 45.6 Å². The quantitative estimate of drug-likeness (QED) is 0.284. The van der Waals surface area contributed by atoms with Crippen molar-refractivity contribution < 1.29 is 28.1 Å². The fraction of sp³-hybridized carbons (Fsp3) is 0.370. The van der Waals surface area contributed by atoms with E-state index >= 15 is 0 Å². The first-order valence-electron chi connectivity index (χ1n) is 12.6. The molecule has 39 heavy (non-hydrogen) atoms. The van der Waals surface area contributed by atoms with E-state index < -0.39 is 5.82 Å². The van der Waals surface area contributed by atoms with Crippen LogP contribution in [0.15, 0.2) is 48.8 Å². The molecule has 2 aliphatic heterocycles. The number of nitrogens with zero attached hydrogens (tertiary/aromatic N) is 3. The molecule has 0 radical (unpaired) electrons. The predicted octanol–water partition coefficient (Wildman–Crippen LogP) is 3.79. The van der Waals surface area contributed by atoms with E-state index in [1.54, 1.807) is 25.3 Å². The van der Waals surface area contributed by atoms with Crippen LogP contribution >= 0.6 is 11.6 Å². The van der Waals surface area contributed by atoms with E-state index in [-0.39, 0.29) is 29.7 Å². The maximum Gasteiger partial charge on any atom is 0.248 e. The number of ether oxygens (including phenoxy) is 4. The Morgan fingerprint density at radius 1 is 1.18 bits per heavy atom. The average Bonchev–Trinajstić information content (AvgIpc) is 3.34. The van der Waals surface area contributed by atoms with E-state index in [0.29, 0.717) is 60.2 Å². The Kier molecular flexibility index (Phi) is 8.84. The second-order valence-electron chi connectivity index (χ2n) is 9.11. The van der Waals surface area contributed by atoms with Crippen LogP contribution in [0.4, 0.5) is 21.6 Å². The number of hydrogen-bond acceptors (Lipinski definition) is 9. The van der Waals surface area contributed by atoms with Gasteiger partial charge in [0, 0.05) is 50.0 Å². The highest BCUT2D eigenvalue weighted by Crippen LogP contribution is 2.34. The van der Waals surface area contributed by atoms with Gasteiger partial charge in [-0.3, -0.25) is 9.69 Å². The Morgan fingerprint density at radius 2 is 1.97 bits per heavy atom. The second kappa shape index (κ2) is 12.7. The number of anilines is 3. The van der Waals surface area contributed by atoms with Gasteiger partial charge in [-0.15, -0.1) is 0 Å². The zero-order valence-corrected chi connectivity index (χ0v) is 22.1. The molecule has 0 spiro atoms. The number of rotatable bonds is 10. The normalized spacial score (nSPS) is 19.4. The molecule has 3 heterocycles. The van der Waals surface area contributed by atoms with Crippen LogP contribution in [0.1, 0.15) is 0 Å². The lowest BCUT2D eigenvalue weighted by Crippen LogP contribution is -2.36. The number of nitrogens with one attached hydrogen (secondary N) is 2. The minimum absolute atomic E-state index is 0.0142. The molecule has 0 bridgehead atoms. The van der Waals surface area contributed by atoms with Gasteiger partial charge in [0.1, 0.15) is 30.3 Å². The van der Waals surface area contributed by atoms with Gasteiger partial charge in [0.25, 0.3) is 0 Å². The van der Waals surface area contributed by atoms with Crippen LogP contribution in [0.2, 0.25) is 5.02 Å². The van der Waals surface area contributed by atoms with E-state index in [9.17, 15) is 9.18 Å². The fourth-order valence-corrected chi connectivity index (χ4v) is 4.70. The van der Waals surface area contributed by atoms with Gasteiger partial charge in [-0.05, 0) is 24.3 Å². The Morgan fingerprint density at radius 3 is 2.72 bits per heavy atom. The third kappa shape index (κ3) is 6.81. The molecule has 1 amide bonds. The Bertz CT molecular complexity index is 1350. The minimum Gasteiger partial charge on any atom is -0.489 e. The maximum absolute atomic E-state index is 13.6. The zero-order valence-electron chi connectivity index (χ0n) is 21.4. The first-order chi connectivity index (χ1) is 19.0. The molecule has 2 saturated heterocycles. The van der Waals surface area contributed by atoms with Gasteiger partial charge in [-0.1, -0.05) is 17.7 Å².